The molecule has 0 unspecified atom stereocenters. The van der Waals surface area contributed by atoms with Gasteiger partial charge in [-0.3, -0.25) is 14.9 Å². The molecule has 0 aromatic heterocycles. The van der Waals surface area contributed by atoms with Crippen LogP contribution in [0.5, 0.6) is 0 Å². The van der Waals surface area contributed by atoms with Crippen molar-refractivity contribution in [1.29, 1.82) is 0 Å². The molecule has 1 N–H and O–H groups in total. The number of carbonyl (C=O) groups excluding carboxylic acids is 1. The second kappa shape index (κ2) is 7.96. The van der Waals surface area contributed by atoms with Crippen LogP contribution in [0.2, 0.25) is 5.02 Å². The smallest absolute Gasteiger partial charge is 0.293 e. The third-order valence-corrected chi connectivity index (χ3v) is 5.12. The Morgan fingerprint density at radius 2 is 2.07 bits per heavy atom. The van der Waals surface area contributed by atoms with Gasteiger partial charge in [-0.05, 0) is 55.5 Å². The predicted molar refractivity (Wildman–Crippen MR) is 108 cm³/mol. The maximum absolute atomic E-state index is 12.6. The van der Waals surface area contributed by atoms with E-state index in [0.29, 0.717) is 22.3 Å². The molecule has 0 spiro atoms. The van der Waals surface area contributed by atoms with E-state index in [-0.39, 0.29) is 11.3 Å². The minimum Gasteiger partial charge on any atom is -0.366 e. The minimum atomic E-state index is -0.428. The molecule has 1 amide bonds. The van der Waals surface area contributed by atoms with Gasteiger partial charge in [-0.2, -0.15) is 0 Å². The van der Waals surface area contributed by atoms with Gasteiger partial charge < -0.3 is 10.2 Å². The number of piperidine rings is 1. The van der Waals surface area contributed by atoms with E-state index in [9.17, 15) is 14.9 Å². The molecular weight excluding hydrogens is 366 g/mol. The van der Waals surface area contributed by atoms with Gasteiger partial charge in [0, 0.05) is 24.7 Å². The topological polar surface area (TPSA) is 75.5 Å². The van der Waals surface area contributed by atoms with Gasteiger partial charge in [-0.1, -0.05) is 24.6 Å². The fraction of sp³-hybridized carbons (Fsp3) is 0.350. The van der Waals surface area contributed by atoms with Gasteiger partial charge in [0.25, 0.3) is 11.6 Å². The van der Waals surface area contributed by atoms with Crippen molar-refractivity contribution in [3.63, 3.8) is 0 Å². The van der Waals surface area contributed by atoms with E-state index in [1.807, 2.05) is 17.9 Å². The molecular formula is C20H22ClN3O3. The van der Waals surface area contributed by atoms with Crippen molar-refractivity contribution in [3.8, 4) is 0 Å². The van der Waals surface area contributed by atoms with E-state index in [2.05, 4.69) is 12.2 Å². The van der Waals surface area contributed by atoms with Crippen LogP contribution in [0.3, 0.4) is 0 Å². The van der Waals surface area contributed by atoms with Crippen LogP contribution in [0.4, 0.5) is 17.1 Å². The molecule has 2 aromatic carbocycles. The number of hydrogen-bond acceptors (Lipinski definition) is 4. The number of hydrogen-bond donors (Lipinski definition) is 1. The summed E-state index contributed by atoms with van der Waals surface area (Å²) in [4.78, 5) is 25.8. The minimum absolute atomic E-state index is 0.0493. The lowest BCUT2D eigenvalue weighted by Crippen LogP contribution is -2.34. The third kappa shape index (κ3) is 4.39. The molecule has 0 bridgehead atoms. The van der Waals surface area contributed by atoms with Crippen LogP contribution < -0.4 is 10.2 Å². The number of aryl methyl sites for hydroxylation is 1. The Morgan fingerprint density at radius 3 is 2.74 bits per heavy atom. The normalized spacial score (nSPS) is 16.9. The van der Waals surface area contributed by atoms with Gasteiger partial charge >= 0.3 is 0 Å². The Hall–Kier alpha value is -2.60. The van der Waals surface area contributed by atoms with E-state index in [0.717, 1.165) is 31.5 Å². The van der Waals surface area contributed by atoms with Gasteiger partial charge in [-0.25, -0.2) is 0 Å². The summed E-state index contributed by atoms with van der Waals surface area (Å²) >= 11 is 6.15. The summed E-state index contributed by atoms with van der Waals surface area (Å²) < 4.78 is 0. The molecule has 1 saturated heterocycles. The Morgan fingerprint density at radius 1 is 1.30 bits per heavy atom. The van der Waals surface area contributed by atoms with Crippen LogP contribution in [0.15, 0.2) is 36.4 Å². The summed E-state index contributed by atoms with van der Waals surface area (Å²) in [5, 5.41) is 14.7. The molecule has 142 valence electrons. The van der Waals surface area contributed by atoms with E-state index in [4.69, 9.17) is 11.6 Å². The zero-order valence-electron chi connectivity index (χ0n) is 15.4. The van der Waals surface area contributed by atoms with Crippen LogP contribution in [0.25, 0.3) is 0 Å². The van der Waals surface area contributed by atoms with Gasteiger partial charge in [0.15, 0.2) is 0 Å². The summed E-state index contributed by atoms with van der Waals surface area (Å²) in [6.45, 7) is 5.62. The van der Waals surface area contributed by atoms with E-state index >= 15 is 0 Å². The molecule has 2 aromatic rings. The van der Waals surface area contributed by atoms with Gasteiger partial charge in [-0.15, -0.1) is 0 Å². The highest BCUT2D eigenvalue weighted by Crippen LogP contribution is 2.33. The Labute approximate surface area is 163 Å². The number of nitro groups is 1. The second-order valence-corrected chi connectivity index (χ2v) is 7.50. The van der Waals surface area contributed by atoms with E-state index < -0.39 is 10.8 Å². The number of benzene rings is 2. The van der Waals surface area contributed by atoms with E-state index in [1.165, 1.54) is 6.07 Å². The molecule has 3 rings (SSSR count). The summed E-state index contributed by atoms with van der Waals surface area (Å²) in [5.74, 6) is 0.0624. The maximum Gasteiger partial charge on any atom is 0.293 e. The highest BCUT2D eigenvalue weighted by Gasteiger charge is 2.25. The Kier molecular flexibility index (Phi) is 5.65. The fourth-order valence-electron chi connectivity index (χ4n) is 3.40. The fourth-order valence-corrected chi connectivity index (χ4v) is 3.68. The molecule has 7 heteroatoms. The lowest BCUT2D eigenvalue weighted by Gasteiger charge is -2.32. The summed E-state index contributed by atoms with van der Waals surface area (Å²) in [5.41, 5.74) is 2.20. The Balaban J connectivity index is 1.86. The molecule has 1 aliphatic rings. The van der Waals surface area contributed by atoms with Crippen LogP contribution in [-0.4, -0.2) is 23.9 Å². The first-order valence-corrected chi connectivity index (χ1v) is 9.34. The Bertz CT molecular complexity index is 885. The average molecular weight is 388 g/mol. The third-order valence-electron chi connectivity index (χ3n) is 4.80. The standard InChI is InChI=1S/C20H22ClN3O3/c1-13-5-7-17(16(21)10-13)22-20(25)15-6-8-18(19(11-15)24(26)27)23-9-3-4-14(2)12-23/h5-8,10-11,14H,3-4,9,12H2,1-2H3,(H,22,25)/t14-/m1/s1. The molecule has 1 fully saturated rings. The first kappa shape index (κ1) is 19.2. The van der Waals surface area contributed by atoms with Gasteiger partial charge in [0.05, 0.1) is 15.6 Å². The zero-order valence-corrected chi connectivity index (χ0v) is 16.1. The van der Waals surface area contributed by atoms with E-state index in [1.54, 1.807) is 24.3 Å². The van der Waals surface area contributed by atoms with Crippen molar-refractivity contribution in [1.82, 2.24) is 0 Å². The number of nitro benzene ring substituents is 1. The number of rotatable bonds is 4. The maximum atomic E-state index is 12.6. The predicted octanol–water partition coefficient (Wildman–Crippen LogP) is 5.05. The summed E-state index contributed by atoms with van der Waals surface area (Å²) in [7, 11) is 0. The molecule has 0 saturated carbocycles. The number of nitrogens with one attached hydrogen (secondary N) is 1. The summed E-state index contributed by atoms with van der Waals surface area (Å²) in [6.07, 6.45) is 2.13. The first-order valence-electron chi connectivity index (χ1n) is 8.96. The monoisotopic (exact) mass is 387 g/mol. The quantitative estimate of drug-likeness (QED) is 0.588. The molecule has 27 heavy (non-hydrogen) atoms. The number of halogens is 1. The van der Waals surface area contributed by atoms with Crippen molar-refractivity contribution in [2.24, 2.45) is 5.92 Å². The largest absolute Gasteiger partial charge is 0.366 e. The van der Waals surface area contributed by atoms with Crippen LogP contribution >= 0.6 is 11.6 Å². The van der Waals surface area contributed by atoms with Crippen LogP contribution in [-0.2, 0) is 0 Å². The van der Waals surface area contributed by atoms with Crippen LogP contribution in [0, 0.1) is 23.0 Å². The van der Waals surface area contributed by atoms with Crippen LogP contribution in [0.1, 0.15) is 35.7 Å². The number of amides is 1. The molecule has 1 heterocycles. The molecule has 0 radical (unpaired) electrons. The lowest BCUT2D eigenvalue weighted by molar-refractivity contribution is -0.384. The van der Waals surface area contributed by atoms with Crippen molar-refractivity contribution >= 4 is 34.6 Å². The van der Waals surface area contributed by atoms with Crippen molar-refractivity contribution in [2.75, 3.05) is 23.3 Å². The molecule has 1 aliphatic heterocycles. The van der Waals surface area contributed by atoms with Crippen molar-refractivity contribution in [3.05, 3.63) is 62.7 Å². The number of anilines is 2. The SMILES string of the molecule is Cc1ccc(NC(=O)c2ccc(N3CCC[C@@H](C)C3)c([N+](=O)[O-])c2)c(Cl)c1. The molecule has 6 nitrogen and oxygen atoms in total. The second-order valence-electron chi connectivity index (χ2n) is 7.09. The van der Waals surface area contributed by atoms with Gasteiger partial charge in [0.2, 0.25) is 0 Å². The lowest BCUT2D eigenvalue weighted by atomic mass is 9.99. The number of carbonyl (C=O) groups is 1. The molecule has 0 aliphatic carbocycles. The first-order chi connectivity index (χ1) is 12.8. The van der Waals surface area contributed by atoms with Crippen molar-refractivity contribution < 1.29 is 9.72 Å². The summed E-state index contributed by atoms with van der Waals surface area (Å²) in [6, 6.07) is 9.94. The molecule has 1 atom stereocenters. The number of nitrogens with zero attached hydrogens (tertiary/aromatic N) is 2. The zero-order chi connectivity index (χ0) is 19.6. The van der Waals surface area contributed by atoms with Gasteiger partial charge in [0.1, 0.15) is 5.69 Å². The highest BCUT2D eigenvalue weighted by molar-refractivity contribution is 6.34. The highest BCUT2D eigenvalue weighted by atomic mass is 35.5. The average Bonchev–Trinajstić information content (AvgIpc) is 2.63. The van der Waals surface area contributed by atoms with Crippen molar-refractivity contribution in [2.45, 2.75) is 26.7 Å².